The van der Waals surface area contributed by atoms with Crippen LogP contribution in [0.3, 0.4) is 0 Å². The van der Waals surface area contributed by atoms with Crippen molar-refractivity contribution < 1.29 is 23.0 Å². The zero-order valence-electron chi connectivity index (χ0n) is 14.9. The van der Waals surface area contributed by atoms with Crippen molar-refractivity contribution in [3.63, 3.8) is 0 Å². The maximum Gasteiger partial charge on any atom is 0.387 e. The first-order valence-electron chi connectivity index (χ1n) is 8.77. The zero-order chi connectivity index (χ0) is 18.1. The maximum absolute atomic E-state index is 12.7. The van der Waals surface area contributed by atoms with Crippen molar-refractivity contribution in [3.05, 3.63) is 23.8 Å². The Hall–Kier alpha value is -1.60. The highest BCUT2D eigenvalue weighted by Gasteiger charge is 2.17. The molecule has 1 aliphatic rings. The van der Waals surface area contributed by atoms with Gasteiger partial charge in [-0.05, 0) is 51.3 Å². The molecule has 0 atom stereocenters. The van der Waals surface area contributed by atoms with E-state index >= 15 is 0 Å². The fraction of sp³-hybridized carbons (Fsp3) is 0.611. The molecule has 5 nitrogen and oxygen atoms in total. The van der Waals surface area contributed by atoms with Gasteiger partial charge in [0.15, 0.2) is 11.5 Å². The second-order valence-corrected chi connectivity index (χ2v) is 6.06. The molecule has 1 heterocycles. The number of hydrogen-bond acceptors (Lipinski definition) is 4. The molecule has 0 aromatic heterocycles. The summed E-state index contributed by atoms with van der Waals surface area (Å²) >= 11 is 0. The number of halogens is 3. The maximum atomic E-state index is 12.7. The van der Waals surface area contributed by atoms with Crippen LogP contribution in [0.1, 0.15) is 38.2 Å². The first-order chi connectivity index (χ1) is 12.1. The first-order valence-corrected chi connectivity index (χ1v) is 8.77. The number of benzene rings is 1. The van der Waals surface area contributed by atoms with E-state index in [1.165, 1.54) is 0 Å². The predicted octanol–water partition coefficient (Wildman–Crippen LogP) is 3.50. The molecule has 1 fully saturated rings. The quantitative estimate of drug-likeness (QED) is 0.675. The van der Waals surface area contributed by atoms with Gasteiger partial charge < -0.3 is 20.1 Å². The summed E-state index contributed by atoms with van der Waals surface area (Å²) in [5.74, 6) is 0.733. The predicted molar refractivity (Wildman–Crippen MR) is 98.2 cm³/mol. The third-order valence-electron chi connectivity index (χ3n) is 4.28. The molecule has 1 aromatic carbocycles. The molecule has 0 bridgehead atoms. The molecule has 0 aliphatic carbocycles. The van der Waals surface area contributed by atoms with E-state index in [1.54, 1.807) is 25.1 Å². The van der Waals surface area contributed by atoms with Crippen molar-refractivity contribution >= 4 is 18.3 Å². The summed E-state index contributed by atoms with van der Waals surface area (Å²) in [5, 5.41) is 6.09. The van der Waals surface area contributed by atoms with Crippen molar-refractivity contribution in [2.75, 3.05) is 19.7 Å². The summed E-state index contributed by atoms with van der Waals surface area (Å²) in [5.41, 5.74) is 0.474. The van der Waals surface area contributed by atoms with E-state index in [0.717, 1.165) is 32.4 Å². The Morgan fingerprint density at radius 2 is 2.08 bits per heavy atom. The molecule has 0 saturated carbocycles. The fourth-order valence-corrected chi connectivity index (χ4v) is 2.98. The van der Waals surface area contributed by atoms with Gasteiger partial charge in [-0.2, -0.15) is 8.78 Å². The third-order valence-corrected chi connectivity index (χ3v) is 4.28. The van der Waals surface area contributed by atoms with E-state index < -0.39 is 6.61 Å². The number of amides is 1. The van der Waals surface area contributed by atoms with Crippen LogP contribution in [0.25, 0.3) is 0 Å². The number of hydrogen-bond donors (Lipinski definition) is 2. The summed E-state index contributed by atoms with van der Waals surface area (Å²) in [6.45, 7) is 1.30. The Kier molecular flexibility index (Phi) is 10.3. The molecule has 1 aromatic rings. The molecule has 1 amide bonds. The third kappa shape index (κ3) is 7.33. The van der Waals surface area contributed by atoms with Crippen molar-refractivity contribution in [2.24, 2.45) is 5.92 Å². The lowest BCUT2D eigenvalue weighted by Crippen LogP contribution is -2.29. The van der Waals surface area contributed by atoms with Crippen LogP contribution in [0.2, 0.25) is 0 Å². The molecule has 0 radical (unpaired) electrons. The molecular formula is C18H27ClF2N2O3. The molecule has 2 N–H and O–H groups in total. The highest BCUT2D eigenvalue weighted by Crippen LogP contribution is 2.32. The molecule has 8 heteroatoms. The van der Waals surface area contributed by atoms with Crippen LogP contribution < -0.4 is 20.1 Å². The highest BCUT2D eigenvalue weighted by molar-refractivity contribution is 5.85. The number of alkyl halides is 2. The lowest BCUT2D eigenvalue weighted by Gasteiger charge is -2.22. The van der Waals surface area contributed by atoms with Crippen LogP contribution in [0.5, 0.6) is 11.5 Å². The number of nitrogens with one attached hydrogen (secondary N) is 2. The van der Waals surface area contributed by atoms with Crippen molar-refractivity contribution in [3.8, 4) is 11.5 Å². The van der Waals surface area contributed by atoms with Crippen LogP contribution in [0.4, 0.5) is 8.78 Å². The summed E-state index contributed by atoms with van der Waals surface area (Å²) in [6.07, 6.45) is 3.49. The van der Waals surface area contributed by atoms with Crippen LogP contribution in [-0.2, 0) is 11.3 Å². The summed E-state index contributed by atoms with van der Waals surface area (Å²) in [4.78, 5) is 12.1. The Morgan fingerprint density at radius 3 is 2.73 bits per heavy atom. The van der Waals surface area contributed by atoms with Crippen LogP contribution in [0, 0.1) is 5.92 Å². The van der Waals surface area contributed by atoms with Gasteiger partial charge in [0.05, 0.1) is 6.61 Å². The number of carbonyl (C=O) groups excluding carboxylic acids is 1. The van der Waals surface area contributed by atoms with Crippen molar-refractivity contribution in [2.45, 2.75) is 45.8 Å². The van der Waals surface area contributed by atoms with E-state index in [-0.39, 0.29) is 36.4 Å². The number of para-hydroxylation sites is 1. The van der Waals surface area contributed by atoms with Gasteiger partial charge in [0.2, 0.25) is 5.91 Å². The average molecular weight is 393 g/mol. The first kappa shape index (κ1) is 22.4. The zero-order valence-corrected chi connectivity index (χ0v) is 15.7. The second kappa shape index (κ2) is 11.9. The number of carbonyl (C=O) groups is 1. The Morgan fingerprint density at radius 1 is 1.35 bits per heavy atom. The minimum Gasteiger partial charge on any atom is -0.490 e. The highest BCUT2D eigenvalue weighted by atomic mass is 35.5. The average Bonchev–Trinajstić information content (AvgIpc) is 2.61. The van der Waals surface area contributed by atoms with Crippen LogP contribution in [-0.4, -0.2) is 32.2 Å². The Labute approximate surface area is 159 Å². The topological polar surface area (TPSA) is 59.6 Å². The number of ether oxygens (including phenoxy) is 2. The molecule has 0 spiro atoms. The summed E-state index contributed by atoms with van der Waals surface area (Å²) in [7, 11) is 0. The molecule has 2 rings (SSSR count). The van der Waals surface area contributed by atoms with Gasteiger partial charge in [-0.1, -0.05) is 12.1 Å². The second-order valence-electron chi connectivity index (χ2n) is 6.06. The van der Waals surface area contributed by atoms with Crippen LogP contribution in [0.15, 0.2) is 18.2 Å². The molecule has 148 valence electrons. The van der Waals surface area contributed by atoms with E-state index in [9.17, 15) is 13.6 Å². The normalized spacial score (nSPS) is 14.6. The SMILES string of the molecule is CCOc1cccc(CNC(=O)CCC2CCNCC2)c1OC(F)F.Cl. The van der Waals surface area contributed by atoms with E-state index in [1.807, 2.05) is 0 Å². The van der Waals surface area contributed by atoms with Gasteiger partial charge in [0, 0.05) is 18.5 Å². The van der Waals surface area contributed by atoms with E-state index in [2.05, 4.69) is 15.4 Å². The van der Waals surface area contributed by atoms with Gasteiger partial charge in [0.25, 0.3) is 0 Å². The van der Waals surface area contributed by atoms with Crippen molar-refractivity contribution in [1.29, 1.82) is 0 Å². The standard InChI is InChI=1S/C18H26F2N2O3.ClH/c1-2-24-15-5-3-4-14(17(15)25-18(19)20)12-22-16(23)7-6-13-8-10-21-11-9-13;/h3-5,13,18,21H,2,6-12H2,1H3,(H,22,23);1H. The fourth-order valence-electron chi connectivity index (χ4n) is 2.98. The number of piperidine rings is 1. The smallest absolute Gasteiger partial charge is 0.387 e. The Bertz CT molecular complexity index is 555. The van der Waals surface area contributed by atoms with Gasteiger partial charge >= 0.3 is 6.61 Å². The van der Waals surface area contributed by atoms with Gasteiger partial charge in [-0.3, -0.25) is 4.79 Å². The van der Waals surface area contributed by atoms with Gasteiger partial charge in [-0.25, -0.2) is 0 Å². The summed E-state index contributed by atoms with van der Waals surface area (Å²) < 4.78 is 35.3. The van der Waals surface area contributed by atoms with Crippen LogP contribution >= 0.6 is 12.4 Å². The Balaban J connectivity index is 0.00000338. The van der Waals surface area contributed by atoms with Crippen molar-refractivity contribution in [1.82, 2.24) is 10.6 Å². The monoisotopic (exact) mass is 392 g/mol. The molecule has 26 heavy (non-hydrogen) atoms. The number of rotatable bonds is 9. The lowest BCUT2D eigenvalue weighted by atomic mass is 9.93. The largest absolute Gasteiger partial charge is 0.490 e. The minimum atomic E-state index is -2.95. The minimum absolute atomic E-state index is 0. The van der Waals surface area contributed by atoms with E-state index in [4.69, 9.17) is 4.74 Å². The summed E-state index contributed by atoms with van der Waals surface area (Å²) in [6, 6.07) is 4.91. The lowest BCUT2D eigenvalue weighted by molar-refractivity contribution is -0.121. The van der Waals surface area contributed by atoms with Gasteiger partial charge in [-0.15, -0.1) is 12.4 Å². The molecule has 0 unspecified atom stereocenters. The molecular weight excluding hydrogens is 366 g/mol. The van der Waals surface area contributed by atoms with Gasteiger partial charge in [0.1, 0.15) is 0 Å². The van der Waals surface area contributed by atoms with E-state index in [0.29, 0.717) is 24.5 Å². The molecule has 1 saturated heterocycles. The molecule has 1 aliphatic heterocycles.